The third kappa shape index (κ3) is 4.86. The van der Waals surface area contributed by atoms with Crippen molar-refractivity contribution in [2.24, 2.45) is 0 Å². The zero-order valence-corrected chi connectivity index (χ0v) is 12.4. The van der Waals surface area contributed by atoms with E-state index in [4.69, 9.17) is 5.11 Å². The fourth-order valence-electron chi connectivity index (χ4n) is 2.51. The lowest BCUT2D eigenvalue weighted by Gasteiger charge is -2.33. The van der Waals surface area contributed by atoms with Crippen molar-refractivity contribution >= 4 is 11.9 Å². The van der Waals surface area contributed by atoms with E-state index in [2.05, 4.69) is 24.3 Å². The molecule has 114 valence electrons. The van der Waals surface area contributed by atoms with Gasteiger partial charge in [0.25, 0.3) is 0 Å². The van der Waals surface area contributed by atoms with Crippen LogP contribution in [0.1, 0.15) is 17.5 Å². The third-order valence-electron chi connectivity index (χ3n) is 3.83. The number of hydrogen-bond acceptors (Lipinski definition) is 3. The van der Waals surface area contributed by atoms with Crippen LogP contribution in [0.5, 0.6) is 0 Å². The maximum absolute atomic E-state index is 12.2. The number of piperazine rings is 1. The topological polar surface area (TPSA) is 60.9 Å². The van der Waals surface area contributed by atoms with Crippen molar-refractivity contribution in [3.05, 3.63) is 35.4 Å². The van der Waals surface area contributed by atoms with E-state index in [-0.39, 0.29) is 12.5 Å². The van der Waals surface area contributed by atoms with Gasteiger partial charge in [0.05, 0.1) is 6.54 Å². The van der Waals surface area contributed by atoms with Crippen molar-refractivity contribution in [1.82, 2.24) is 9.80 Å². The van der Waals surface area contributed by atoms with Gasteiger partial charge in [0.2, 0.25) is 5.91 Å². The Morgan fingerprint density at radius 3 is 2.29 bits per heavy atom. The van der Waals surface area contributed by atoms with Crippen LogP contribution >= 0.6 is 0 Å². The number of nitrogens with zero attached hydrogens (tertiary/aromatic N) is 2. The van der Waals surface area contributed by atoms with Gasteiger partial charge in [-0.2, -0.15) is 0 Å². The molecule has 5 heteroatoms. The Hall–Kier alpha value is -1.88. The molecule has 21 heavy (non-hydrogen) atoms. The Balaban J connectivity index is 1.74. The van der Waals surface area contributed by atoms with Crippen molar-refractivity contribution in [3.8, 4) is 0 Å². The van der Waals surface area contributed by atoms with Gasteiger partial charge >= 0.3 is 5.97 Å². The number of benzene rings is 1. The molecule has 0 spiro atoms. The molecular weight excluding hydrogens is 268 g/mol. The number of hydrogen-bond donors (Lipinski definition) is 1. The Bertz CT molecular complexity index is 491. The molecule has 0 aromatic heterocycles. The summed E-state index contributed by atoms with van der Waals surface area (Å²) in [6, 6.07) is 8.25. The monoisotopic (exact) mass is 290 g/mol. The molecule has 1 heterocycles. The minimum absolute atomic E-state index is 0.0609. The highest BCUT2D eigenvalue weighted by Gasteiger charge is 2.21. The van der Waals surface area contributed by atoms with Gasteiger partial charge in [0, 0.05) is 32.6 Å². The zero-order valence-electron chi connectivity index (χ0n) is 12.4. The Labute approximate surface area is 125 Å². The van der Waals surface area contributed by atoms with Crippen molar-refractivity contribution < 1.29 is 14.7 Å². The quantitative estimate of drug-likeness (QED) is 0.884. The molecule has 2 rings (SSSR count). The van der Waals surface area contributed by atoms with Gasteiger partial charge in [-0.25, -0.2) is 0 Å². The fraction of sp³-hybridized carbons (Fsp3) is 0.500. The number of aryl methyl sites for hydroxylation is 2. The summed E-state index contributed by atoms with van der Waals surface area (Å²) in [5.41, 5.74) is 2.40. The van der Waals surface area contributed by atoms with E-state index in [1.165, 1.54) is 11.1 Å². The number of carbonyl (C=O) groups excluding carboxylic acids is 1. The predicted octanol–water partition coefficient (Wildman–Crippen LogP) is 1.16. The molecule has 1 amide bonds. The van der Waals surface area contributed by atoms with Gasteiger partial charge in [-0.3, -0.25) is 14.5 Å². The molecule has 1 aliphatic heterocycles. The van der Waals surface area contributed by atoms with Gasteiger partial charge < -0.3 is 10.0 Å². The minimum atomic E-state index is -0.811. The zero-order chi connectivity index (χ0) is 15.2. The van der Waals surface area contributed by atoms with Gasteiger partial charge in [0.1, 0.15) is 0 Å². The summed E-state index contributed by atoms with van der Waals surface area (Å²) in [6.45, 7) is 4.64. The molecule has 1 aromatic rings. The maximum atomic E-state index is 12.2. The molecule has 5 nitrogen and oxygen atoms in total. The number of carboxylic acid groups (broad SMARTS) is 1. The standard InChI is InChI=1S/C16H22N2O3/c1-13-2-4-14(5-3-13)6-7-15(19)18-10-8-17(9-11-18)12-16(20)21/h2-5H,6-12H2,1H3,(H,20,21). The van der Waals surface area contributed by atoms with E-state index in [0.717, 1.165) is 6.42 Å². The lowest BCUT2D eigenvalue weighted by Crippen LogP contribution is -2.49. The summed E-state index contributed by atoms with van der Waals surface area (Å²) in [4.78, 5) is 26.5. The second kappa shape index (κ2) is 7.22. The molecule has 0 unspecified atom stereocenters. The largest absolute Gasteiger partial charge is 0.480 e. The molecule has 0 atom stereocenters. The second-order valence-corrected chi connectivity index (χ2v) is 5.54. The molecule has 0 radical (unpaired) electrons. The van der Waals surface area contributed by atoms with Crippen LogP contribution < -0.4 is 0 Å². The van der Waals surface area contributed by atoms with Crippen LogP contribution in [0, 0.1) is 6.92 Å². The van der Waals surface area contributed by atoms with E-state index < -0.39 is 5.97 Å². The van der Waals surface area contributed by atoms with Crippen molar-refractivity contribution in [1.29, 1.82) is 0 Å². The first-order chi connectivity index (χ1) is 10.0. The lowest BCUT2D eigenvalue weighted by molar-refractivity contribution is -0.139. The number of amides is 1. The predicted molar refractivity (Wildman–Crippen MR) is 80.2 cm³/mol. The smallest absolute Gasteiger partial charge is 0.317 e. The van der Waals surface area contributed by atoms with Crippen LogP contribution in [0.15, 0.2) is 24.3 Å². The van der Waals surface area contributed by atoms with E-state index in [1.807, 2.05) is 16.7 Å². The molecule has 1 fully saturated rings. The summed E-state index contributed by atoms with van der Waals surface area (Å²) in [6.07, 6.45) is 1.27. The van der Waals surface area contributed by atoms with Crippen molar-refractivity contribution in [3.63, 3.8) is 0 Å². The summed E-state index contributed by atoms with van der Waals surface area (Å²) in [5, 5.41) is 8.75. The van der Waals surface area contributed by atoms with Gasteiger partial charge in [0.15, 0.2) is 0 Å². The Kier molecular flexibility index (Phi) is 5.33. The number of carbonyl (C=O) groups is 2. The minimum Gasteiger partial charge on any atom is -0.480 e. The van der Waals surface area contributed by atoms with Gasteiger partial charge in [-0.15, -0.1) is 0 Å². The number of aliphatic carboxylic acids is 1. The molecule has 0 aliphatic carbocycles. The highest BCUT2D eigenvalue weighted by atomic mass is 16.4. The summed E-state index contributed by atoms with van der Waals surface area (Å²) >= 11 is 0. The molecule has 0 saturated carbocycles. The van der Waals surface area contributed by atoms with Crippen molar-refractivity contribution in [2.45, 2.75) is 19.8 Å². The number of carboxylic acids is 1. The first-order valence-electron chi connectivity index (χ1n) is 7.32. The van der Waals surface area contributed by atoms with Crippen LogP contribution in [-0.2, 0) is 16.0 Å². The molecule has 1 N–H and O–H groups in total. The van der Waals surface area contributed by atoms with Crippen LogP contribution in [0.2, 0.25) is 0 Å². The summed E-state index contributed by atoms with van der Waals surface area (Å²) in [5.74, 6) is -0.653. The first kappa shape index (κ1) is 15.5. The van der Waals surface area contributed by atoms with Crippen LogP contribution in [-0.4, -0.2) is 59.5 Å². The van der Waals surface area contributed by atoms with E-state index in [0.29, 0.717) is 32.6 Å². The first-order valence-corrected chi connectivity index (χ1v) is 7.32. The van der Waals surface area contributed by atoms with E-state index >= 15 is 0 Å². The lowest BCUT2D eigenvalue weighted by atomic mass is 10.1. The maximum Gasteiger partial charge on any atom is 0.317 e. The summed E-state index contributed by atoms with van der Waals surface area (Å²) in [7, 11) is 0. The molecule has 0 bridgehead atoms. The average molecular weight is 290 g/mol. The van der Waals surface area contributed by atoms with Crippen molar-refractivity contribution in [2.75, 3.05) is 32.7 Å². The molecule has 1 aromatic carbocycles. The highest BCUT2D eigenvalue weighted by molar-refractivity contribution is 5.76. The normalized spacial score (nSPS) is 16.0. The summed E-state index contributed by atoms with van der Waals surface area (Å²) < 4.78 is 0. The average Bonchev–Trinajstić information content (AvgIpc) is 2.46. The molecule has 1 aliphatic rings. The number of rotatable bonds is 5. The fourth-order valence-corrected chi connectivity index (χ4v) is 2.51. The van der Waals surface area contributed by atoms with Gasteiger partial charge in [-0.05, 0) is 18.9 Å². The van der Waals surface area contributed by atoms with Crippen LogP contribution in [0.25, 0.3) is 0 Å². The highest BCUT2D eigenvalue weighted by Crippen LogP contribution is 2.09. The molecular formula is C16H22N2O3. The SMILES string of the molecule is Cc1ccc(CCC(=O)N2CCN(CC(=O)O)CC2)cc1. The van der Waals surface area contributed by atoms with E-state index in [9.17, 15) is 9.59 Å². The Morgan fingerprint density at radius 1 is 1.10 bits per heavy atom. The van der Waals surface area contributed by atoms with E-state index in [1.54, 1.807) is 0 Å². The second-order valence-electron chi connectivity index (χ2n) is 5.54. The van der Waals surface area contributed by atoms with Crippen LogP contribution in [0.4, 0.5) is 0 Å². The Morgan fingerprint density at radius 2 is 1.71 bits per heavy atom. The molecule has 1 saturated heterocycles. The van der Waals surface area contributed by atoms with Gasteiger partial charge in [-0.1, -0.05) is 29.8 Å². The third-order valence-corrected chi connectivity index (χ3v) is 3.83. The van der Waals surface area contributed by atoms with Crippen LogP contribution in [0.3, 0.4) is 0 Å².